The Morgan fingerprint density at radius 2 is 2.03 bits per heavy atom. The number of nitrogens with one attached hydrogen (secondary N) is 2. The molecule has 10 heteroatoms. The number of hydrogen-bond acceptors (Lipinski definition) is 5. The minimum absolute atomic E-state index is 0.0401. The van der Waals surface area contributed by atoms with E-state index in [9.17, 15) is 18.8 Å². The third-order valence-corrected chi connectivity index (χ3v) is 5.33. The molecule has 0 radical (unpaired) electrons. The van der Waals surface area contributed by atoms with Gasteiger partial charge >= 0.3 is 6.03 Å². The standard InChI is InChI=1S/C22H21FN6O3/c1-22(25-21(32)24-14-30,13-28-11-16-7-8-17(23)9-18(16)20(28)31)19-12-29(27-26-19)10-15-5-3-2-4-6-15/h2-9,12,14H,10-11,13H2,1H3,(H2,24,25,30,32)/t22-/m0/s1. The number of urea groups is 1. The smallest absolute Gasteiger partial charge is 0.322 e. The molecule has 0 saturated heterocycles. The highest BCUT2D eigenvalue weighted by molar-refractivity contribution is 5.98. The first kappa shape index (κ1) is 21.2. The van der Waals surface area contributed by atoms with Gasteiger partial charge in [-0.15, -0.1) is 5.10 Å². The van der Waals surface area contributed by atoms with Gasteiger partial charge in [0.25, 0.3) is 5.91 Å². The first-order valence-electron chi connectivity index (χ1n) is 9.92. The van der Waals surface area contributed by atoms with Crippen molar-refractivity contribution >= 4 is 18.3 Å². The number of rotatable bonds is 7. The molecule has 1 aliphatic heterocycles. The highest BCUT2D eigenvalue weighted by atomic mass is 19.1. The van der Waals surface area contributed by atoms with Crippen molar-refractivity contribution in [1.82, 2.24) is 30.5 Å². The van der Waals surface area contributed by atoms with Gasteiger partial charge in [-0.2, -0.15) is 0 Å². The van der Waals surface area contributed by atoms with Gasteiger partial charge < -0.3 is 10.2 Å². The lowest BCUT2D eigenvalue weighted by Gasteiger charge is -2.32. The molecule has 0 fully saturated rings. The van der Waals surface area contributed by atoms with E-state index >= 15 is 0 Å². The second kappa shape index (κ2) is 8.58. The van der Waals surface area contributed by atoms with E-state index in [1.165, 1.54) is 17.0 Å². The van der Waals surface area contributed by atoms with Gasteiger partial charge in [0.2, 0.25) is 6.41 Å². The maximum atomic E-state index is 13.6. The number of imide groups is 1. The fourth-order valence-corrected chi connectivity index (χ4v) is 3.77. The minimum Gasteiger partial charge on any atom is -0.332 e. The van der Waals surface area contributed by atoms with Crippen LogP contribution in [0, 0.1) is 5.82 Å². The number of carbonyl (C=O) groups is 3. The van der Waals surface area contributed by atoms with Crippen molar-refractivity contribution in [3.8, 4) is 0 Å². The third-order valence-electron chi connectivity index (χ3n) is 5.33. The molecule has 164 valence electrons. The summed E-state index contributed by atoms with van der Waals surface area (Å²) in [5.74, 6) is -0.839. The van der Waals surface area contributed by atoms with Gasteiger partial charge in [-0.3, -0.25) is 14.9 Å². The molecule has 1 atom stereocenters. The first-order chi connectivity index (χ1) is 15.4. The van der Waals surface area contributed by atoms with Gasteiger partial charge in [-0.25, -0.2) is 13.9 Å². The molecule has 2 aromatic carbocycles. The molecular weight excluding hydrogens is 415 g/mol. The molecule has 0 aliphatic carbocycles. The summed E-state index contributed by atoms with van der Waals surface area (Å²) in [6, 6.07) is 13.0. The van der Waals surface area contributed by atoms with Crippen LogP contribution in [0.15, 0.2) is 54.7 Å². The van der Waals surface area contributed by atoms with Crippen LogP contribution in [0.2, 0.25) is 0 Å². The number of hydrogen-bond donors (Lipinski definition) is 2. The predicted octanol–water partition coefficient (Wildman–Crippen LogP) is 1.79. The van der Waals surface area contributed by atoms with Crippen LogP contribution < -0.4 is 10.6 Å². The highest BCUT2D eigenvalue weighted by Gasteiger charge is 2.38. The summed E-state index contributed by atoms with van der Waals surface area (Å²) < 4.78 is 15.2. The van der Waals surface area contributed by atoms with Crippen molar-refractivity contribution in [3.05, 3.63) is 82.9 Å². The topological polar surface area (TPSA) is 109 Å². The first-order valence-corrected chi connectivity index (χ1v) is 9.92. The van der Waals surface area contributed by atoms with Crippen molar-refractivity contribution < 1.29 is 18.8 Å². The van der Waals surface area contributed by atoms with Crippen LogP contribution >= 0.6 is 0 Å². The number of benzene rings is 2. The lowest BCUT2D eigenvalue weighted by Crippen LogP contribution is -2.54. The summed E-state index contributed by atoms with van der Waals surface area (Å²) in [7, 11) is 0. The largest absolute Gasteiger partial charge is 0.332 e. The van der Waals surface area contributed by atoms with Crippen LogP contribution in [0.1, 0.15) is 34.1 Å². The van der Waals surface area contributed by atoms with E-state index in [-0.39, 0.29) is 31.0 Å². The van der Waals surface area contributed by atoms with Crippen LogP contribution in [0.25, 0.3) is 0 Å². The number of carbonyl (C=O) groups excluding carboxylic acids is 3. The number of fused-ring (bicyclic) bond motifs is 1. The Balaban J connectivity index is 1.59. The third kappa shape index (κ3) is 4.34. The van der Waals surface area contributed by atoms with Gasteiger partial charge in [-0.1, -0.05) is 41.6 Å². The summed E-state index contributed by atoms with van der Waals surface area (Å²) in [6.45, 7) is 2.46. The molecule has 4 rings (SSSR count). The molecule has 9 nitrogen and oxygen atoms in total. The van der Waals surface area contributed by atoms with E-state index in [0.29, 0.717) is 17.8 Å². The minimum atomic E-state index is -1.17. The predicted molar refractivity (Wildman–Crippen MR) is 112 cm³/mol. The summed E-state index contributed by atoms with van der Waals surface area (Å²) in [5, 5.41) is 13.1. The lowest BCUT2D eigenvalue weighted by molar-refractivity contribution is -0.108. The molecule has 32 heavy (non-hydrogen) atoms. The second-order valence-electron chi connectivity index (χ2n) is 7.80. The van der Waals surface area contributed by atoms with Crippen molar-refractivity contribution in [2.75, 3.05) is 6.54 Å². The van der Waals surface area contributed by atoms with E-state index in [2.05, 4.69) is 15.6 Å². The Morgan fingerprint density at radius 1 is 1.25 bits per heavy atom. The summed E-state index contributed by atoms with van der Waals surface area (Å²) in [5.41, 5.74) is 1.24. The zero-order valence-corrected chi connectivity index (χ0v) is 17.3. The van der Waals surface area contributed by atoms with Crippen LogP contribution in [-0.2, 0) is 23.4 Å². The monoisotopic (exact) mass is 436 g/mol. The number of nitrogens with zero attached hydrogens (tertiary/aromatic N) is 4. The SMILES string of the molecule is C[C@@](CN1Cc2ccc(F)cc2C1=O)(NC(=O)NC=O)c1cn(Cc2ccccc2)nn1. The van der Waals surface area contributed by atoms with Crippen LogP contribution in [0.5, 0.6) is 0 Å². The molecule has 1 aliphatic rings. The Labute approximate surface area is 183 Å². The van der Waals surface area contributed by atoms with Gasteiger partial charge in [0.05, 0.1) is 19.3 Å². The molecule has 2 N–H and O–H groups in total. The van der Waals surface area contributed by atoms with Crippen LogP contribution in [0.4, 0.5) is 9.18 Å². The molecule has 1 aromatic heterocycles. The zero-order valence-electron chi connectivity index (χ0n) is 17.3. The second-order valence-corrected chi connectivity index (χ2v) is 7.80. The lowest BCUT2D eigenvalue weighted by atomic mass is 9.97. The fourth-order valence-electron chi connectivity index (χ4n) is 3.77. The molecule has 3 aromatic rings. The molecule has 0 unspecified atom stereocenters. The molecule has 4 amide bonds. The summed E-state index contributed by atoms with van der Waals surface area (Å²) in [4.78, 5) is 37.3. The quantitative estimate of drug-likeness (QED) is 0.549. The Kier molecular flexibility index (Phi) is 5.67. The Bertz CT molecular complexity index is 1170. The number of aromatic nitrogens is 3. The highest BCUT2D eigenvalue weighted by Crippen LogP contribution is 2.28. The maximum absolute atomic E-state index is 13.6. The molecule has 2 heterocycles. The average molecular weight is 436 g/mol. The van der Waals surface area contributed by atoms with Crippen molar-refractivity contribution in [1.29, 1.82) is 0 Å². The van der Waals surface area contributed by atoms with E-state index in [1.54, 1.807) is 23.9 Å². The summed E-state index contributed by atoms with van der Waals surface area (Å²) in [6.07, 6.45) is 1.95. The molecular formula is C22H21FN6O3. The Hall–Kier alpha value is -4.08. The van der Waals surface area contributed by atoms with Gasteiger partial charge in [-0.05, 0) is 30.2 Å². The Morgan fingerprint density at radius 3 is 2.78 bits per heavy atom. The van der Waals surface area contributed by atoms with E-state index in [0.717, 1.165) is 5.56 Å². The van der Waals surface area contributed by atoms with Gasteiger partial charge in [0.1, 0.15) is 17.1 Å². The fraction of sp³-hybridized carbons (Fsp3) is 0.227. The number of halogens is 1. The van der Waals surface area contributed by atoms with Gasteiger partial charge in [0.15, 0.2) is 0 Å². The van der Waals surface area contributed by atoms with E-state index < -0.39 is 17.4 Å². The van der Waals surface area contributed by atoms with Crippen molar-refractivity contribution in [3.63, 3.8) is 0 Å². The molecule has 0 saturated carbocycles. The maximum Gasteiger partial charge on any atom is 0.322 e. The average Bonchev–Trinajstić information content (AvgIpc) is 3.35. The van der Waals surface area contributed by atoms with Gasteiger partial charge in [0, 0.05) is 12.1 Å². The number of amides is 4. The van der Waals surface area contributed by atoms with Crippen molar-refractivity contribution in [2.24, 2.45) is 0 Å². The molecule has 0 bridgehead atoms. The van der Waals surface area contributed by atoms with E-state index in [4.69, 9.17) is 0 Å². The van der Waals surface area contributed by atoms with Crippen molar-refractivity contribution in [2.45, 2.75) is 25.6 Å². The zero-order chi connectivity index (χ0) is 22.7. The van der Waals surface area contributed by atoms with Crippen LogP contribution in [0.3, 0.4) is 0 Å². The van der Waals surface area contributed by atoms with Crippen LogP contribution in [-0.4, -0.2) is 44.8 Å². The molecule has 0 spiro atoms. The van der Waals surface area contributed by atoms with E-state index in [1.807, 2.05) is 35.6 Å². The summed E-state index contributed by atoms with van der Waals surface area (Å²) >= 11 is 0. The normalized spacial score (nSPS) is 14.6.